The number of nitrogens with zero attached hydrogens (tertiary/aromatic N) is 3. The number of sulfone groups is 1. The summed E-state index contributed by atoms with van der Waals surface area (Å²) in [6.07, 6.45) is 2.48. The van der Waals surface area contributed by atoms with Crippen molar-refractivity contribution in [2.24, 2.45) is 0 Å². The van der Waals surface area contributed by atoms with E-state index in [9.17, 15) is 8.42 Å². The zero-order valence-corrected chi connectivity index (χ0v) is 18.2. The zero-order valence-electron chi connectivity index (χ0n) is 16.6. The maximum Gasteiger partial charge on any atom is 0.228 e. The molecule has 28 heavy (non-hydrogen) atoms. The van der Waals surface area contributed by atoms with Gasteiger partial charge in [-0.25, -0.2) is 13.4 Å². The van der Waals surface area contributed by atoms with Crippen molar-refractivity contribution in [3.05, 3.63) is 70.2 Å². The molecule has 7 heteroatoms. The molecule has 2 heterocycles. The lowest BCUT2D eigenvalue weighted by molar-refractivity contribution is 0.308. The van der Waals surface area contributed by atoms with Gasteiger partial charge in [0.1, 0.15) is 0 Å². The number of rotatable bonds is 9. The molecule has 0 N–H and O–H groups in total. The lowest BCUT2D eigenvalue weighted by Crippen LogP contribution is -2.23. The molecule has 2 aromatic heterocycles. The second-order valence-electron chi connectivity index (χ2n) is 7.32. The Morgan fingerprint density at radius 2 is 1.86 bits per heavy atom. The number of hydrogen-bond donors (Lipinski definition) is 0. The molecule has 3 rings (SSSR count). The predicted molar refractivity (Wildman–Crippen MR) is 114 cm³/mol. The topological polar surface area (TPSA) is 55.2 Å². The van der Waals surface area contributed by atoms with Crippen LogP contribution in [0, 0.1) is 0 Å². The Bertz CT molecular complexity index is 978. The molecular weight excluding hydrogens is 390 g/mol. The van der Waals surface area contributed by atoms with Crippen LogP contribution in [0.15, 0.2) is 58.5 Å². The summed E-state index contributed by atoms with van der Waals surface area (Å²) >= 11 is 1.68. The van der Waals surface area contributed by atoms with Crippen molar-refractivity contribution in [3.8, 4) is 0 Å². The maximum atomic E-state index is 12.8. The van der Waals surface area contributed by atoms with E-state index in [4.69, 9.17) is 0 Å². The van der Waals surface area contributed by atoms with Gasteiger partial charge in [0.15, 0.2) is 0 Å². The third-order valence-corrected chi connectivity index (χ3v) is 7.52. The summed E-state index contributed by atoms with van der Waals surface area (Å²) < 4.78 is 27.5. The fourth-order valence-corrected chi connectivity index (χ4v) is 4.90. The van der Waals surface area contributed by atoms with E-state index in [1.807, 2.05) is 29.8 Å². The predicted octanol–water partition coefficient (Wildman–Crippen LogP) is 4.00. The summed E-state index contributed by atoms with van der Waals surface area (Å²) in [5.74, 6) is 0. The van der Waals surface area contributed by atoms with Gasteiger partial charge in [0.25, 0.3) is 0 Å². The smallest absolute Gasteiger partial charge is 0.228 e. The summed E-state index contributed by atoms with van der Waals surface area (Å²) in [6, 6.07) is 12.2. The van der Waals surface area contributed by atoms with Crippen LogP contribution in [0.5, 0.6) is 0 Å². The van der Waals surface area contributed by atoms with Crippen molar-refractivity contribution in [1.29, 1.82) is 0 Å². The van der Waals surface area contributed by atoms with Crippen molar-refractivity contribution in [3.63, 3.8) is 0 Å². The zero-order chi connectivity index (χ0) is 20.1. The van der Waals surface area contributed by atoms with Crippen LogP contribution in [-0.2, 0) is 35.9 Å². The van der Waals surface area contributed by atoms with Gasteiger partial charge in [0.2, 0.25) is 15.0 Å². The molecule has 0 aliphatic rings. The number of hydrogen-bond acceptors (Lipinski definition) is 5. The van der Waals surface area contributed by atoms with Gasteiger partial charge in [-0.3, -0.25) is 4.90 Å². The highest BCUT2D eigenvalue weighted by molar-refractivity contribution is 7.91. The molecule has 3 aromatic rings. The van der Waals surface area contributed by atoms with E-state index in [0.717, 1.165) is 18.7 Å². The van der Waals surface area contributed by atoms with Crippen molar-refractivity contribution < 1.29 is 8.42 Å². The second kappa shape index (κ2) is 9.03. The minimum absolute atomic E-state index is 0.178. The molecular formula is C21H27N3O2S2. The molecule has 0 saturated carbocycles. The van der Waals surface area contributed by atoms with Crippen LogP contribution in [0.4, 0.5) is 0 Å². The Hall–Kier alpha value is -1.96. The quantitative estimate of drug-likeness (QED) is 0.528. The third kappa shape index (κ3) is 4.90. The van der Waals surface area contributed by atoms with Gasteiger partial charge >= 0.3 is 0 Å². The van der Waals surface area contributed by atoms with E-state index in [0.29, 0.717) is 13.1 Å². The van der Waals surface area contributed by atoms with Crippen molar-refractivity contribution in [2.75, 3.05) is 7.05 Å². The molecule has 5 nitrogen and oxygen atoms in total. The highest BCUT2D eigenvalue weighted by atomic mass is 32.2. The molecule has 0 bridgehead atoms. The minimum Gasteiger partial charge on any atom is -0.317 e. The molecule has 150 valence electrons. The maximum absolute atomic E-state index is 12.8. The molecule has 0 spiro atoms. The number of aromatic nitrogens is 2. The van der Waals surface area contributed by atoms with Gasteiger partial charge in [-0.1, -0.05) is 30.3 Å². The SMILES string of the molecule is CC(C)S(=O)(=O)c1ncc(CN(C)Cc2ccsc2)n1CCc1ccccc1. The Balaban J connectivity index is 1.85. The molecule has 0 atom stereocenters. The van der Waals surface area contributed by atoms with Crippen LogP contribution in [0.3, 0.4) is 0 Å². The average Bonchev–Trinajstić information content (AvgIpc) is 3.31. The van der Waals surface area contributed by atoms with Crippen molar-refractivity contribution >= 4 is 21.2 Å². The second-order valence-corrected chi connectivity index (χ2v) is 10.5. The van der Waals surface area contributed by atoms with Gasteiger partial charge in [-0.2, -0.15) is 11.3 Å². The normalized spacial score (nSPS) is 12.2. The fourth-order valence-electron chi connectivity index (χ4n) is 3.11. The van der Waals surface area contributed by atoms with Crippen LogP contribution in [0.2, 0.25) is 0 Å². The standard InChI is InChI=1S/C21H27N3O2S2/c1-17(2)28(25,26)21-22-13-20(15-23(3)14-19-10-12-27-16-19)24(21)11-9-18-7-5-4-6-8-18/h4-8,10,12-13,16-17H,9,11,14-15H2,1-3H3. The van der Waals surface area contributed by atoms with Crippen LogP contribution in [-0.4, -0.2) is 35.2 Å². The molecule has 0 radical (unpaired) electrons. The van der Waals surface area contributed by atoms with E-state index in [1.54, 1.807) is 31.4 Å². The highest BCUT2D eigenvalue weighted by Gasteiger charge is 2.26. The first-order valence-electron chi connectivity index (χ1n) is 9.39. The van der Waals surface area contributed by atoms with Gasteiger partial charge in [-0.15, -0.1) is 0 Å². The summed E-state index contributed by atoms with van der Waals surface area (Å²) in [5.41, 5.74) is 3.37. The van der Waals surface area contributed by atoms with Gasteiger partial charge in [0.05, 0.1) is 17.1 Å². The van der Waals surface area contributed by atoms with E-state index >= 15 is 0 Å². The Labute approximate surface area is 171 Å². The first-order valence-corrected chi connectivity index (χ1v) is 11.9. The Morgan fingerprint density at radius 1 is 1.11 bits per heavy atom. The van der Waals surface area contributed by atoms with E-state index in [-0.39, 0.29) is 5.16 Å². The van der Waals surface area contributed by atoms with E-state index in [1.165, 1.54) is 11.1 Å². The number of thiophene rings is 1. The van der Waals surface area contributed by atoms with Gasteiger partial charge in [-0.05, 0) is 55.3 Å². The van der Waals surface area contributed by atoms with E-state index in [2.05, 4.69) is 38.8 Å². The fraction of sp³-hybridized carbons (Fsp3) is 0.381. The molecule has 1 aromatic carbocycles. The number of imidazole rings is 1. The van der Waals surface area contributed by atoms with Crippen LogP contribution >= 0.6 is 11.3 Å². The average molecular weight is 418 g/mol. The molecule has 0 amide bonds. The van der Waals surface area contributed by atoms with Crippen LogP contribution in [0.25, 0.3) is 0 Å². The molecule has 0 unspecified atom stereocenters. The molecule has 0 aliphatic heterocycles. The lowest BCUT2D eigenvalue weighted by Gasteiger charge is -2.19. The van der Waals surface area contributed by atoms with Gasteiger partial charge < -0.3 is 4.57 Å². The highest BCUT2D eigenvalue weighted by Crippen LogP contribution is 2.20. The van der Waals surface area contributed by atoms with Gasteiger partial charge in [0, 0.05) is 19.6 Å². The van der Waals surface area contributed by atoms with Crippen molar-refractivity contribution in [1.82, 2.24) is 14.5 Å². The number of aryl methyl sites for hydroxylation is 1. The Morgan fingerprint density at radius 3 is 2.50 bits per heavy atom. The first kappa shape index (κ1) is 20.8. The van der Waals surface area contributed by atoms with Crippen LogP contribution in [0.1, 0.15) is 30.7 Å². The monoisotopic (exact) mass is 417 g/mol. The molecule has 0 fully saturated rings. The molecule has 0 saturated heterocycles. The summed E-state index contributed by atoms with van der Waals surface area (Å²) in [5, 5.41) is 3.89. The van der Waals surface area contributed by atoms with Crippen molar-refractivity contribution in [2.45, 2.75) is 50.3 Å². The van der Waals surface area contributed by atoms with E-state index < -0.39 is 15.1 Å². The first-order chi connectivity index (χ1) is 13.4. The third-order valence-electron chi connectivity index (χ3n) is 4.71. The summed E-state index contributed by atoms with van der Waals surface area (Å²) in [4.78, 5) is 6.51. The largest absolute Gasteiger partial charge is 0.317 e. The molecule has 0 aliphatic carbocycles. The lowest BCUT2D eigenvalue weighted by atomic mass is 10.1. The summed E-state index contributed by atoms with van der Waals surface area (Å²) in [7, 11) is -1.40. The number of benzene rings is 1. The minimum atomic E-state index is -3.44. The summed E-state index contributed by atoms with van der Waals surface area (Å²) in [6.45, 7) is 5.46. The Kier molecular flexibility index (Phi) is 6.69. The van der Waals surface area contributed by atoms with Crippen LogP contribution < -0.4 is 0 Å².